The lowest BCUT2D eigenvalue weighted by molar-refractivity contribution is 0.0317. The molecule has 0 fully saturated rings. The third-order valence-electron chi connectivity index (χ3n) is 2.42. The number of aromatic nitrogens is 1. The van der Waals surface area contributed by atoms with Gasteiger partial charge in [0, 0.05) is 19.6 Å². The fourth-order valence-electron chi connectivity index (χ4n) is 1.65. The van der Waals surface area contributed by atoms with E-state index in [1.54, 1.807) is 18.7 Å². The molecule has 0 aliphatic rings. The lowest BCUT2D eigenvalue weighted by Gasteiger charge is -2.27. The van der Waals surface area contributed by atoms with Gasteiger partial charge in [-0.3, -0.25) is 4.79 Å². The van der Waals surface area contributed by atoms with E-state index in [0.29, 0.717) is 16.6 Å². The van der Waals surface area contributed by atoms with Gasteiger partial charge in [-0.25, -0.2) is 4.98 Å². The molecule has 0 aliphatic carbocycles. The Kier molecular flexibility index (Phi) is 5.13. The van der Waals surface area contributed by atoms with Gasteiger partial charge in [0.2, 0.25) is 0 Å². The number of nitrogens with one attached hydrogen (secondary N) is 1. The van der Waals surface area contributed by atoms with Crippen molar-refractivity contribution in [3.8, 4) is 0 Å². The van der Waals surface area contributed by atoms with Crippen LogP contribution in [0.25, 0.3) is 0 Å². The fraction of sp³-hybridized carbons (Fsp3) is 0.667. The number of carbonyl (C=O) groups excluding carboxylic acids is 1. The Balaban J connectivity index is 2.91. The van der Waals surface area contributed by atoms with Crippen LogP contribution in [-0.4, -0.2) is 46.1 Å². The predicted octanol–water partition coefficient (Wildman–Crippen LogP) is 1.39. The van der Waals surface area contributed by atoms with Gasteiger partial charge in [0.15, 0.2) is 5.13 Å². The van der Waals surface area contributed by atoms with Crippen molar-refractivity contribution >= 4 is 28.2 Å². The predicted molar refractivity (Wildman–Crippen MR) is 78.6 cm³/mol. The van der Waals surface area contributed by atoms with Gasteiger partial charge < -0.3 is 21.1 Å². The van der Waals surface area contributed by atoms with Gasteiger partial charge in [-0.05, 0) is 27.7 Å². The van der Waals surface area contributed by atoms with Crippen LogP contribution in [-0.2, 0) is 0 Å². The van der Waals surface area contributed by atoms with Crippen LogP contribution in [0.15, 0.2) is 0 Å². The number of anilines is 2. The van der Waals surface area contributed by atoms with Crippen molar-refractivity contribution in [1.82, 2.24) is 9.88 Å². The van der Waals surface area contributed by atoms with E-state index in [1.165, 1.54) is 11.3 Å². The minimum Gasteiger partial charge on any atom is -0.389 e. The molecule has 19 heavy (non-hydrogen) atoms. The summed E-state index contributed by atoms with van der Waals surface area (Å²) >= 11 is 1.24. The second kappa shape index (κ2) is 6.21. The first kappa shape index (κ1) is 15.7. The quantitative estimate of drug-likeness (QED) is 0.735. The average molecular weight is 286 g/mol. The molecule has 0 bridgehead atoms. The van der Waals surface area contributed by atoms with Gasteiger partial charge in [-0.1, -0.05) is 11.3 Å². The number of nitrogen functional groups attached to an aromatic ring is 1. The normalized spacial score (nSPS) is 11.4. The topological polar surface area (TPSA) is 91.5 Å². The molecular formula is C12H22N4O2S. The molecule has 7 heteroatoms. The smallest absolute Gasteiger partial charge is 0.267 e. The number of hydrogen-bond acceptors (Lipinski definition) is 6. The largest absolute Gasteiger partial charge is 0.389 e. The van der Waals surface area contributed by atoms with Crippen molar-refractivity contribution in [3.63, 3.8) is 0 Å². The lowest BCUT2D eigenvalue weighted by atomic mass is 10.1. The molecule has 108 valence electrons. The molecule has 0 aliphatic heterocycles. The SMILES string of the molecule is CCNc1nc(N)c(C(=O)N(CC)CC(C)(C)O)s1. The molecule has 0 atom stereocenters. The van der Waals surface area contributed by atoms with Crippen molar-refractivity contribution in [2.75, 3.05) is 30.7 Å². The Labute approximate surface area is 117 Å². The van der Waals surface area contributed by atoms with E-state index >= 15 is 0 Å². The number of aliphatic hydroxyl groups is 1. The van der Waals surface area contributed by atoms with Crippen LogP contribution in [0.1, 0.15) is 37.4 Å². The average Bonchev–Trinajstić information content (AvgIpc) is 2.65. The standard InChI is InChI=1S/C12H22N4O2S/c1-5-14-11-15-9(13)8(19-11)10(17)16(6-2)7-12(3,4)18/h18H,5-7,13H2,1-4H3,(H,14,15). The highest BCUT2D eigenvalue weighted by Crippen LogP contribution is 2.26. The highest BCUT2D eigenvalue weighted by atomic mass is 32.1. The Hall–Kier alpha value is -1.34. The molecule has 1 amide bonds. The minimum atomic E-state index is -0.935. The molecule has 0 saturated heterocycles. The number of hydrogen-bond donors (Lipinski definition) is 3. The summed E-state index contributed by atoms with van der Waals surface area (Å²) in [6, 6.07) is 0. The van der Waals surface area contributed by atoms with Gasteiger partial charge in [-0.15, -0.1) is 0 Å². The lowest BCUT2D eigenvalue weighted by Crippen LogP contribution is -2.42. The molecular weight excluding hydrogens is 264 g/mol. The molecule has 4 N–H and O–H groups in total. The highest BCUT2D eigenvalue weighted by molar-refractivity contribution is 7.18. The first-order valence-electron chi connectivity index (χ1n) is 6.30. The summed E-state index contributed by atoms with van der Waals surface area (Å²) in [5.41, 5.74) is 4.84. The first-order valence-corrected chi connectivity index (χ1v) is 7.12. The van der Waals surface area contributed by atoms with Gasteiger partial charge >= 0.3 is 0 Å². The number of nitrogens with zero attached hydrogens (tertiary/aromatic N) is 2. The first-order chi connectivity index (χ1) is 8.78. The van der Waals surface area contributed by atoms with E-state index in [4.69, 9.17) is 5.73 Å². The van der Waals surface area contributed by atoms with Gasteiger partial charge in [0.25, 0.3) is 5.91 Å². The van der Waals surface area contributed by atoms with E-state index in [9.17, 15) is 9.90 Å². The number of thiazole rings is 1. The van der Waals surface area contributed by atoms with Gasteiger partial charge in [-0.2, -0.15) is 0 Å². The second-order valence-electron chi connectivity index (χ2n) is 4.90. The second-order valence-corrected chi connectivity index (χ2v) is 5.89. The Morgan fingerprint density at radius 1 is 1.53 bits per heavy atom. The molecule has 1 rings (SSSR count). The van der Waals surface area contributed by atoms with Crippen LogP contribution in [0.3, 0.4) is 0 Å². The van der Waals surface area contributed by atoms with Crippen molar-refractivity contribution in [2.45, 2.75) is 33.3 Å². The summed E-state index contributed by atoms with van der Waals surface area (Å²) in [5, 5.41) is 13.5. The molecule has 0 spiro atoms. The number of amides is 1. The number of nitrogens with two attached hydrogens (primary N) is 1. The van der Waals surface area contributed by atoms with Crippen LogP contribution in [0.5, 0.6) is 0 Å². The third-order valence-corrected chi connectivity index (χ3v) is 3.44. The molecule has 0 aromatic carbocycles. The van der Waals surface area contributed by atoms with Crippen LogP contribution in [0.4, 0.5) is 10.9 Å². The Morgan fingerprint density at radius 3 is 2.63 bits per heavy atom. The maximum absolute atomic E-state index is 12.4. The van der Waals surface area contributed by atoms with Gasteiger partial charge in [0.05, 0.1) is 5.60 Å². The van der Waals surface area contributed by atoms with Gasteiger partial charge in [0.1, 0.15) is 10.7 Å². The third kappa shape index (κ3) is 4.36. The van der Waals surface area contributed by atoms with Crippen LogP contribution in [0, 0.1) is 0 Å². The van der Waals surface area contributed by atoms with E-state index in [0.717, 1.165) is 6.54 Å². The van der Waals surface area contributed by atoms with Crippen molar-refractivity contribution in [1.29, 1.82) is 0 Å². The number of carbonyl (C=O) groups is 1. The molecule has 0 unspecified atom stereocenters. The molecule has 1 aromatic rings. The fourth-order valence-corrected chi connectivity index (χ4v) is 2.57. The number of likely N-dealkylation sites (N-methyl/N-ethyl adjacent to an activating group) is 1. The van der Waals surface area contributed by atoms with Crippen LogP contribution in [0.2, 0.25) is 0 Å². The summed E-state index contributed by atoms with van der Waals surface area (Å²) in [6.07, 6.45) is 0. The van der Waals surface area contributed by atoms with E-state index in [-0.39, 0.29) is 18.3 Å². The summed E-state index contributed by atoms with van der Waals surface area (Å²) in [4.78, 5) is 18.5. The zero-order valence-electron chi connectivity index (χ0n) is 11.9. The molecule has 1 heterocycles. The molecule has 1 aromatic heterocycles. The van der Waals surface area contributed by atoms with Crippen molar-refractivity contribution in [2.24, 2.45) is 0 Å². The zero-order valence-corrected chi connectivity index (χ0v) is 12.7. The van der Waals surface area contributed by atoms with Crippen molar-refractivity contribution < 1.29 is 9.90 Å². The van der Waals surface area contributed by atoms with E-state index in [1.807, 2.05) is 13.8 Å². The van der Waals surface area contributed by atoms with E-state index in [2.05, 4.69) is 10.3 Å². The summed E-state index contributed by atoms with van der Waals surface area (Å²) in [6.45, 7) is 8.65. The Morgan fingerprint density at radius 2 is 2.16 bits per heavy atom. The zero-order chi connectivity index (χ0) is 14.6. The minimum absolute atomic E-state index is 0.191. The monoisotopic (exact) mass is 286 g/mol. The highest BCUT2D eigenvalue weighted by Gasteiger charge is 2.25. The maximum atomic E-state index is 12.4. The molecule has 0 saturated carbocycles. The van der Waals surface area contributed by atoms with Crippen molar-refractivity contribution in [3.05, 3.63) is 4.88 Å². The summed E-state index contributed by atoms with van der Waals surface area (Å²) in [5.74, 6) is 0.0453. The Bertz CT molecular complexity index is 439. The summed E-state index contributed by atoms with van der Waals surface area (Å²) in [7, 11) is 0. The summed E-state index contributed by atoms with van der Waals surface area (Å²) < 4.78 is 0. The molecule has 0 radical (unpaired) electrons. The van der Waals surface area contributed by atoms with Crippen LogP contribution >= 0.6 is 11.3 Å². The van der Waals surface area contributed by atoms with E-state index < -0.39 is 5.60 Å². The number of rotatable bonds is 6. The molecule has 6 nitrogen and oxygen atoms in total. The van der Waals surface area contributed by atoms with Crippen LogP contribution < -0.4 is 11.1 Å². The maximum Gasteiger partial charge on any atom is 0.267 e.